The maximum absolute atomic E-state index is 12.2. The van der Waals surface area contributed by atoms with Gasteiger partial charge in [-0.3, -0.25) is 9.59 Å². The van der Waals surface area contributed by atoms with Crippen LogP contribution in [0.4, 0.5) is 0 Å². The van der Waals surface area contributed by atoms with Crippen molar-refractivity contribution in [3.63, 3.8) is 0 Å². The van der Waals surface area contributed by atoms with E-state index in [1.54, 1.807) is 0 Å². The molecule has 0 aromatic carbocycles. The fourth-order valence-corrected chi connectivity index (χ4v) is 8.70. The third kappa shape index (κ3) is 4.89. The zero-order valence-corrected chi connectivity index (χ0v) is 21.7. The SMILES string of the molecule is C[C@]12CCC(=O)C[C@@H]1CC[C@@H]1[C@@H]2CC[C@@]2(C)[C@H]1CC[C@@]2(O)CCNC(=O)CCCCC[NH3+].[Cl-]. The summed E-state index contributed by atoms with van der Waals surface area (Å²) in [5.41, 5.74) is 3.47. The summed E-state index contributed by atoms with van der Waals surface area (Å²) >= 11 is 0. The Kier molecular flexibility index (Phi) is 8.60. The molecule has 0 spiro atoms. The number of carbonyl (C=O) groups excluding carboxylic acids is 2. The summed E-state index contributed by atoms with van der Waals surface area (Å²) in [4.78, 5) is 24.3. The molecule has 0 bridgehead atoms. The Labute approximate surface area is 206 Å². The maximum atomic E-state index is 12.2. The van der Waals surface area contributed by atoms with Crippen LogP contribution < -0.4 is 23.5 Å². The van der Waals surface area contributed by atoms with E-state index >= 15 is 0 Å². The van der Waals surface area contributed by atoms with Gasteiger partial charge >= 0.3 is 0 Å². The highest BCUT2D eigenvalue weighted by molar-refractivity contribution is 5.79. The molecule has 190 valence electrons. The minimum Gasteiger partial charge on any atom is -1.00 e. The third-order valence-electron chi connectivity index (χ3n) is 10.8. The first kappa shape index (κ1) is 26.9. The summed E-state index contributed by atoms with van der Waals surface area (Å²) in [5, 5.41) is 14.9. The molecule has 6 heteroatoms. The molecule has 4 aliphatic carbocycles. The zero-order valence-electron chi connectivity index (χ0n) is 21.0. The van der Waals surface area contributed by atoms with Gasteiger partial charge in [-0.25, -0.2) is 0 Å². The van der Waals surface area contributed by atoms with Gasteiger partial charge in [0.05, 0.1) is 12.1 Å². The van der Waals surface area contributed by atoms with Gasteiger partial charge in [0, 0.05) is 25.8 Å². The lowest BCUT2D eigenvalue weighted by Crippen LogP contribution is -3.00. The van der Waals surface area contributed by atoms with Crippen LogP contribution in [0.2, 0.25) is 0 Å². The predicted octanol–water partition coefficient (Wildman–Crippen LogP) is 0.642. The molecule has 4 fully saturated rings. The number of hydrogen-bond acceptors (Lipinski definition) is 3. The molecule has 0 aromatic heterocycles. The van der Waals surface area contributed by atoms with Crippen LogP contribution in [-0.2, 0) is 9.59 Å². The van der Waals surface area contributed by atoms with Crippen LogP contribution in [0.3, 0.4) is 0 Å². The van der Waals surface area contributed by atoms with E-state index in [0.717, 1.165) is 64.3 Å². The Hall–Kier alpha value is -0.650. The molecule has 0 radical (unpaired) electrons. The summed E-state index contributed by atoms with van der Waals surface area (Å²) < 4.78 is 0. The Bertz CT molecular complexity index is 717. The quantitative estimate of drug-likeness (QED) is 0.443. The number of Topliss-reactive ketones (excluding diaryl/α,β-unsaturated/α-hetero) is 1. The number of halogens is 1. The van der Waals surface area contributed by atoms with Gasteiger partial charge in [-0.1, -0.05) is 13.8 Å². The van der Waals surface area contributed by atoms with Crippen LogP contribution in [0, 0.1) is 34.5 Å². The van der Waals surface area contributed by atoms with Crippen molar-refractivity contribution in [2.45, 2.75) is 109 Å². The van der Waals surface area contributed by atoms with Crippen LogP contribution in [0.15, 0.2) is 0 Å². The van der Waals surface area contributed by atoms with E-state index in [9.17, 15) is 14.7 Å². The van der Waals surface area contributed by atoms with Crippen molar-refractivity contribution in [1.82, 2.24) is 5.32 Å². The maximum Gasteiger partial charge on any atom is 0.219 e. The molecule has 0 aromatic rings. The molecule has 0 unspecified atom stereocenters. The van der Waals surface area contributed by atoms with Crippen LogP contribution >= 0.6 is 0 Å². The second-order valence-corrected chi connectivity index (χ2v) is 12.2. The number of aliphatic hydroxyl groups is 1. The first-order valence-corrected chi connectivity index (χ1v) is 13.5. The molecule has 1 amide bonds. The highest BCUT2D eigenvalue weighted by atomic mass is 35.5. The Morgan fingerprint density at radius 1 is 1.06 bits per heavy atom. The van der Waals surface area contributed by atoms with Crippen LogP contribution in [0.5, 0.6) is 0 Å². The lowest BCUT2D eigenvalue weighted by atomic mass is 9.44. The van der Waals surface area contributed by atoms with Crippen molar-refractivity contribution in [2.75, 3.05) is 13.1 Å². The molecule has 5 N–H and O–H groups in total. The van der Waals surface area contributed by atoms with Gasteiger partial charge in [-0.05, 0) is 105 Å². The number of carbonyl (C=O) groups is 2. The van der Waals surface area contributed by atoms with E-state index in [2.05, 4.69) is 24.9 Å². The van der Waals surface area contributed by atoms with E-state index in [4.69, 9.17) is 0 Å². The van der Waals surface area contributed by atoms with E-state index < -0.39 is 5.60 Å². The van der Waals surface area contributed by atoms with E-state index in [1.165, 1.54) is 19.3 Å². The number of nitrogens with one attached hydrogen (secondary N) is 1. The van der Waals surface area contributed by atoms with Crippen molar-refractivity contribution < 1.29 is 32.8 Å². The van der Waals surface area contributed by atoms with E-state index in [-0.39, 0.29) is 23.7 Å². The monoisotopic (exact) mass is 482 g/mol. The fourth-order valence-electron chi connectivity index (χ4n) is 8.70. The zero-order chi connectivity index (χ0) is 23.0. The van der Waals surface area contributed by atoms with Gasteiger partial charge in [0.1, 0.15) is 5.78 Å². The Balaban J connectivity index is 0.00000306. The van der Waals surface area contributed by atoms with Crippen LogP contribution in [0.25, 0.3) is 0 Å². The normalized spacial score (nSPS) is 42.0. The number of ketones is 1. The molecule has 0 saturated heterocycles. The van der Waals surface area contributed by atoms with Crippen molar-refractivity contribution >= 4 is 11.7 Å². The molecule has 7 atom stereocenters. The average molecular weight is 483 g/mol. The summed E-state index contributed by atoms with van der Waals surface area (Å²) in [6.07, 6.45) is 13.7. The lowest BCUT2D eigenvalue weighted by molar-refractivity contribution is -0.368. The van der Waals surface area contributed by atoms with Crippen molar-refractivity contribution in [3.05, 3.63) is 0 Å². The molecule has 5 nitrogen and oxygen atoms in total. The van der Waals surface area contributed by atoms with E-state index in [1.807, 2.05) is 0 Å². The summed E-state index contributed by atoms with van der Waals surface area (Å²) in [7, 11) is 0. The number of amides is 1. The molecule has 33 heavy (non-hydrogen) atoms. The fraction of sp³-hybridized carbons (Fsp3) is 0.926. The smallest absolute Gasteiger partial charge is 0.219 e. The summed E-state index contributed by atoms with van der Waals surface area (Å²) in [6, 6.07) is 0. The van der Waals surface area contributed by atoms with Gasteiger partial charge < -0.3 is 28.6 Å². The standard InChI is InChI=1S/C27H46N2O3.ClH/c1-25-12-9-20(30)18-19(25)7-8-21-22(25)10-13-26(2)23(21)11-14-27(26,32)15-17-29-24(31)6-4-3-5-16-28;/h19,21-23,32H,3-18,28H2,1-2H3,(H,29,31);1H/t19-,21+,22-,23-,25-,26-,27+;/m0./s1. The Morgan fingerprint density at radius 2 is 1.82 bits per heavy atom. The molecule has 4 aliphatic rings. The molecular weight excluding hydrogens is 436 g/mol. The third-order valence-corrected chi connectivity index (χ3v) is 10.8. The van der Waals surface area contributed by atoms with Crippen molar-refractivity contribution in [3.8, 4) is 0 Å². The first-order valence-electron chi connectivity index (χ1n) is 13.5. The minimum atomic E-state index is -0.663. The highest BCUT2D eigenvalue weighted by Crippen LogP contribution is 2.68. The summed E-state index contributed by atoms with van der Waals surface area (Å²) in [5.74, 6) is 3.18. The summed E-state index contributed by atoms with van der Waals surface area (Å²) in [6.45, 7) is 6.36. The highest BCUT2D eigenvalue weighted by Gasteiger charge is 2.64. The van der Waals surface area contributed by atoms with E-state index in [0.29, 0.717) is 54.3 Å². The van der Waals surface area contributed by atoms with Crippen molar-refractivity contribution in [2.24, 2.45) is 34.5 Å². The predicted molar refractivity (Wildman–Crippen MR) is 126 cm³/mol. The largest absolute Gasteiger partial charge is 1.00 e. The molecule has 0 heterocycles. The Morgan fingerprint density at radius 3 is 2.58 bits per heavy atom. The first-order chi connectivity index (χ1) is 15.2. The van der Waals surface area contributed by atoms with Gasteiger partial charge in [0.25, 0.3) is 0 Å². The number of fused-ring (bicyclic) bond motifs is 5. The molecular formula is C27H47ClN2O3. The number of hydrogen-bond donors (Lipinski definition) is 3. The number of unbranched alkanes of at least 4 members (excludes halogenated alkanes) is 2. The topological polar surface area (TPSA) is 94.0 Å². The molecule has 0 aliphatic heterocycles. The minimum absolute atomic E-state index is 0. The average Bonchev–Trinajstić information content (AvgIpc) is 3.03. The van der Waals surface area contributed by atoms with Crippen LogP contribution in [-0.4, -0.2) is 35.5 Å². The number of quaternary nitrogens is 1. The van der Waals surface area contributed by atoms with Crippen LogP contribution in [0.1, 0.15) is 104 Å². The second-order valence-electron chi connectivity index (χ2n) is 12.2. The van der Waals surface area contributed by atoms with Gasteiger partial charge in [0.15, 0.2) is 0 Å². The second kappa shape index (κ2) is 10.5. The lowest BCUT2D eigenvalue weighted by Gasteiger charge is -2.61. The van der Waals surface area contributed by atoms with Gasteiger partial charge in [-0.15, -0.1) is 0 Å². The molecule has 4 saturated carbocycles. The van der Waals surface area contributed by atoms with Crippen molar-refractivity contribution in [1.29, 1.82) is 0 Å². The molecule has 4 rings (SSSR count). The van der Waals surface area contributed by atoms with Gasteiger partial charge in [-0.2, -0.15) is 0 Å². The van der Waals surface area contributed by atoms with Gasteiger partial charge in [0.2, 0.25) is 5.91 Å². The number of rotatable bonds is 8.